The Labute approximate surface area is 165 Å². The van der Waals surface area contributed by atoms with Crippen molar-refractivity contribution < 1.29 is 34.1 Å². The van der Waals surface area contributed by atoms with E-state index in [0.717, 1.165) is 18.4 Å². The molecule has 1 unspecified atom stereocenters. The number of amides is 1. The first-order valence-electron chi connectivity index (χ1n) is 9.54. The van der Waals surface area contributed by atoms with E-state index < -0.39 is 42.3 Å². The summed E-state index contributed by atoms with van der Waals surface area (Å²) in [5, 5.41) is 23.2. The second-order valence-electron chi connectivity index (χ2n) is 7.10. The molecule has 1 rings (SSSR count). The highest BCUT2D eigenvalue weighted by Gasteiger charge is 2.33. The van der Waals surface area contributed by atoms with E-state index in [2.05, 4.69) is 5.32 Å². The Balaban J connectivity index is 2.87. The maximum Gasteiger partial charge on any atom is 0.331 e. The molecule has 158 valence electrons. The number of carbonyl (C=O) groups excluding carboxylic acids is 3. The Morgan fingerprint density at radius 3 is 2.71 bits per heavy atom. The van der Waals surface area contributed by atoms with Crippen molar-refractivity contribution in [2.75, 3.05) is 6.54 Å². The van der Waals surface area contributed by atoms with Crippen molar-refractivity contribution >= 4 is 17.8 Å². The second kappa shape index (κ2) is 12.3. The molecule has 1 aliphatic heterocycles. The Morgan fingerprint density at radius 2 is 2.04 bits per heavy atom. The van der Waals surface area contributed by atoms with Crippen molar-refractivity contribution in [3.05, 3.63) is 23.8 Å². The van der Waals surface area contributed by atoms with E-state index in [1.54, 1.807) is 19.9 Å². The summed E-state index contributed by atoms with van der Waals surface area (Å²) in [5.74, 6) is -1.81. The van der Waals surface area contributed by atoms with Crippen molar-refractivity contribution in [2.24, 2.45) is 0 Å². The lowest BCUT2D eigenvalue weighted by Crippen LogP contribution is -2.45. The lowest BCUT2D eigenvalue weighted by atomic mass is 10.0. The molecule has 0 fully saturated rings. The minimum Gasteiger partial charge on any atom is -0.459 e. The first-order valence-corrected chi connectivity index (χ1v) is 9.54. The molecule has 3 N–H and O–H groups in total. The lowest BCUT2D eigenvalue weighted by Gasteiger charge is -2.28. The molecule has 8 nitrogen and oxygen atoms in total. The summed E-state index contributed by atoms with van der Waals surface area (Å²) in [6.07, 6.45) is 1.90. The number of allylic oxidation sites excluding steroid dienone is 2. The fraction of sp³-hybridized carbons (Fsp3) is 0.650. The summed E-state index contributed by atoms with van der Waals surface area (Å²) in [7, 11) is 0. The van der Waals surface area contributed by atoms with Gasteiger partial charge in [-0.3, -0.25) is 9.59 Å². The molecule has 0 aromatic carbocycles. The highest BCUT2D eigenvalue weighted by molar-refractivity contribution is 5.82. The summed E-state index contributed by atoms with van der Waals surface area (Å²) in [5.41, 5.74) is 0.734. The summed E-state index contributed by atoms with van der Waals surface area (Å²) >= 11 is 0. The van der Waals surface area contributed by atoms with Crippen molar-refractivity contribution in [3.63, 3.8) is 0 Å². The number of aliphatic hydroxyl groups excluding tert-OH is 2. The number of rotatable bonds is 4. The molecule has 28 heavy (non-hydrogen) atoms. The Morgan fingerprint density at radius 1 is 1.32 bits per heavy atom. The standard InChI is InChI=1S/C20H31NO7/c1-13(2)11-18(24)27-14(3)19(25)16-12-15(22)20(26)21-10-8-6-4-5-7-9-17(23)28-16/h6,8,11,14-16,19,22,25H,4-5,7,9-10,12H2,1-3H3,(H,21,26)/b8-6-/t14-,15+,16?,19-/m1/s1. The van der Waals surface area contributed by atoms with Gasteiger partial charge in [-0.25, -0.2) is 4.79 Å². The van der Waals surface area contributed by atoms with Crippen LogP contribution in [0.1, 0.15) is 52.9 Å². The van der Waals surface area contributed by atoms with Gasteiger partial charge in [0.05, 0.1) is 0 Å². The zero-order valence-electron chi connectivity index (χ0n) is 16.7. The molecular formula is C20H31NO7. The van der Waals surface area contributed by atoms with Crippen molar-refractivity contribution in [1.82, 2.24) is 5.32 Å². The number of aliphatic hydroxyl groups is 2. The first kappa shape index (κ1) is 23.8. The number of carbonyl (C=O) groups is 3. The zero-order valence-corrected chi connectivity index (χ0v) is 16.7. The van der Waals surface area contributed by atoms with E-state index in [0.29, 0.717) is 6.42 Å². The van der Waals surface area contributed by atoms with Crippen LogP contribution in [0, 0.1) is 0 Å². The molecule has 1 amide bonds. The van der Waals surface area contributed by atoms with Crippen LogP contribution in [-0.4, -0.2) is 59.0 Å². The minimum absolute atomic E-state index is 0.158. The fourth-order valence-corrected chi connectivity index (χ4v) is 2.65. The molecule has 0 aromatic heterocycles. The van der Waals surface area contributed by atoms with E-state index in [9.17, 15) is 24.6 Å². The number of hydrogen-bond donors (Lipinski definition) is 3. The third kappa shape index (κ3) is 9.14. The second-order valence-corrected chi connectivity index (χ2v) is 7.10. The molecule has 1 aliphatic rings. The average molecular weight is 397 g/mol. The van der Waals surface area contributed by atoms with Crippen LogP contribution in [0.2, 0.25) is 0 Å². The monoisotopic (exact) mass is 397 g/mol. The average Bonchev–Trinajstić information content (AvgIpc) is 2.60. The summed E-state index contributed by atoms with van der Waals surface area (Å²) in [6, 6.07) is 0. The third-order valence-electron chi connectivity index (χ3n) is 4.17. The number of cyclic esters (lactones) is 1. The Hall–Kier alpha value is -2.19. The molecule has 0 saturated carbocycles. The van der Waals surface area contributed by atoms with Crippen molar-refractivity contribution in [3.8, 4) is 0 Å². The van der Waals surface area contributed by atoms with Crippen molar-refractivity contribution in [1.29, 1.82) is 0 Å². The maximum absolute atomic E-state index is 12.1. The Bertz CT molecular complexity index is 595. The van der Waals surface area contributed by atoms with Gasteiger partial charge in [-0.05, 0) is 40.0 Å². The van der Waals surface area contributed by atoms with E-state index in [1.165, 1.54) is 13.0 Å². The van der Waals surface area contributed by atoms with E-state index in [4.69, 9.17) is 9.47 Å². The molecule has 1 heterocycles. The highest BCUT2D eigenvalue weighted by atomic mass is 16.6. The zero-order chi connectivity index (χ0) is 21.1. The molecule has 0 saturated heterocycles. The van der Waals surface area contributed by atoms with Gasteiger partial charge in [-0.2, -0.15) is 0 Å². The summed E-state index contributed by atoms with van der Waals surface area (Å²) in [6.45, 7) is 5.19. The minimum atomic E-state index is -1.48. The third-order valence-corrected chi connectivity index (χ3v) is 4.17. The van der Waals surface area contributed by atoms with Gasteiger partial charge in [0.2, 0.25) is 5.91 Å². The summed E-state index contributed by atoms with van der Waals surface area (Å²) in [4.78, 5) is 35.9. The molecule has 4 atom stereocenters. The topological polar surface area (TPSA) is 122 Å². The Kier molecular flexibility index (Phi) is 10.5. The summed E-state index contributed by atoms with van der Waals surface area (Å²) < 4.78 is 10.4. The van der Waals surface area contributed by atoms with Crippen LogP contribution in [0.5, 0.6) is 0 Å². The number of esters is 2. The highest BCUT2D eigenvalue weighted by Crippen LogP contribution is 2.16. The number of nitrogens with one attached hydrogen (secondary N) is 1. The van der Waals surface area contributed by atoms with Gasteiger partial charge in [0.1, 0.15) is 24.4 Å². The van der Waals surface area contributed by atoms with Gasteiger partial charge in [-0.1, -0.05) is 17.7 Å². The largest absolute Gasteiger partial charge is 0.459 e. The molecule has 0 spiro atoms. The predicted molar refractivity (Wildman–Crippen MR) is 102 cm³/mol. The van der Waals surface area contributed by atoms with Gasteiger partial charge >= 0.3 is 11.9 Å². The van der Waals surface area contributed by atoms with Gasteiger partial charge in [0.25, 0.3) is 0 Å². The van der Waals surface area contributed by atoms with Gasteiger partial charge < -0.3 is 25.0 Å². The molecule has 0 aromatic rings. The quantitative estimate of drug-likeness (QED) is 0.369. The van der Waals surface area contributed by atoms with Crippen LogP contribution in [0.4, 0.5) is 0 Å². The van der Waals surface area contributed by atoms with Gasteiger partial charge in [0, 0.05) is 25.5 Å². The molecule has 0 aliphatic carbocycles. The predicted octanol–water partition coefficient (Wildman–Crippen LogP) is 1.15. The SMILES string of the molecule is CC(C)=CC(=O)O[C@H](C)[C@@H](O)C1C[C@H](O)C(=O)NC/C=C\CCCCC(=O)O1. The van der Waals surface area contributed by atoms with Crippen LogP contribution in [-0.2, 0) is 23.9 Å². The molecular weight excluding hydrogens is 366 g/mol. The fourth-order valence-electron chi connectivity index (χ4n) is 2.65. The molecule has 8 heteroatoms. The van der Waals surface area contributed by atoms with E-state index in [1.807, 2.05) is 6.08 Å². The van der Waals surface area contributed by atoms with Crippen molar-refractivity contribution in [2.45, 2.75) is 77.3 Å². The normalized spacial score (nSPS) is 25.3. The van der Waals surface area contributed by atoms with Crippen LogP contribution in [0.25, 0.3) is 0 Å². The molecule has 0 radical (unpaired) electrons. The van der Waals surface area contributed by atoms with Crippen LogP contribution in [0.15, 0.2) is 23.8 Å². The number of hydrogen-bond acceptors (Lipinski definition) is 7. The van der Waals surface area contributed by atoms with Crippen LogP contribution in [0.3, 0.4) is 0 Å². The smallest absolute Gasteiger partial charge is 0.331 e. The van der Waals surface area contributed by atoms with Crippen LogP contribution < -0.4 is 5.32 Å². The lowest BCUT2D eigenvalue weighted by molar-refractivity contribution is -0.170. The van der Waals surface area contributed by atoms with E-state index >= 15 is 0 Å². The first-order chi connectivity index (χ1) is 13.2. The molecule has 0 bridgehead atoms. The van der Waals surface area contributed by atoms with E-state index in [-0.39, 0.29) is 19.4 Å². The maximum atomic E-state index is 12.1. The number of ether oxygens (including phenoxy) is 2. The van der Waals surface area contributed by atoms with Gasteiger partial charge in [-0.15, -0.1) is 0 Å². The van der Waals surface area contributed by atoms with Gasteiger partial charge in [0.15, 0.2) is 0 Å². The van der Waals surface area contributed by atoms with Crippen LogP contribution >= 0.6 is 0 Å².